The maximum atomic E-state index is 13.1. The van der Waals surface area contributed by atoms with Crippen LogP contribution in [0.3, 0.4) is 0 Å². The molecule has 0 spiro atoms. The third-order valence-corrected chi connectivity index (χ3v) is 7.16. The van der Waals surface area contributed by atoms with Crippen molar-refractivity contribution in [3.8, 4) is 11.3 Å². The number of aryl methyl sites for hydroxylation is 1. The average Bonchev–Trinajstić information content (AvgIpc) is 3.46. The molecular weight excluding hydrogens is 453 g/mol. The average molecular weight is 477 g/mol. The van der Waals surface area contributed by atoms with Gasteiger partial charge < -0.3 is 15.2 Å². The van der Waals surface area contributed by atoms with Crippen molar-refractivity contribution < 1.29 is 18.0 Å². The molecule has 1 atom stereocenters. The summed E-state index contributed by atoms with van der Waals surface area (Å²) < 4.78 is 42.1. The van der Waals surface area contributed by atoms with E-state index in [0.29, 0.717) is 4.88 Å². The molecule has 7 nitrogen and oxygen atoms in total. The van der Waals surface area contributed by atoms with E-state index in [9.17, 15) is 18.0 Å². The summed E-state index contributed by atoms with van der Waals surface area (Å²) in [6.07, 6.45) is -0.954. The van der Waals surface area contributed by atoms with Gasteiger partial charge in [0.25, 0.3) is 5.91 Å². The second kappa shape index (κ2) is 7.84. The Balaban J connectivity index is 1.52. The summed E-state index contributed by atoms with van der Waals surface area (Å²) in [6, 6.07) is 2.10. The summed E-state index contributed by atoms with van der Waals surface area (Å²) in [4.78, 5) is 22.5. The van der Waals surface area contributed by atoms with Crippen LogP contribution < -0.4 is 5.32 Å². The predicted octanol–water partition coefficient (Wildman–Crippen LogP) is 4.35. The fraction of sp³-hybridized carbons (Fsp3) is 0.409. The van der Waals surface area contributed by atoms with Gasteiger partial charge in [0, 0.05) is 31.4 Å². The van der Waals surface area contributed by atoms with Crippen molar-refractivity contribution in [2.75, 3.05) is 19.6 Å². The van der Waals surface area contributed by atoms with Crippen LogP contribution in [0.15, 0.2) is 24.7 Å². The first kappa shape index (κ1) is 21.9. The Morgan fingerprint density at radius 2 is 2.09 bits per heavy atom. The van der Waals surface area contributed by atoms with E-state index < -0.39 is 12.2 Å². The molecule has 0 radical (unpaired) electrons. The Kier molecular flexibility index (Phi) is 5.20. The topological polar surface area (TPSA) is 78.3 Å². The minimum atomic E-state index is -4.39. The minimum Gasteiger partial charge on any atom is -0.354 e. The number of halogens is 3. The fourth-order valence-corrected chi connectivity index (χ4v) is 5.70. The largest absolute Gasteiger partial charge is 0.405 e. The molecule has 5 heterocycles. The first-order valence-electron chi connectivity index (χ1n) is 10.7. The van der Waals surface area contributed by atoms with Gasteiger partial charge in [0.2, 0.25) is 0 Å². The van der Waals surface area contributed by atoms with Crippen LogP contribution in [-0.2, 0) is 0 Å². The van der Waals surface area contributed by atoms with Gasteiger partial charge in [-0.3, -0.25) is 4.79 Å². The van der Waals surface area contributed by atoms with Crippen molar-refractivity contribution in [1.29, 1.82) is 0 Å². The molecule has 2 N–H and O–H groups in total. The van der Waals surface area contributed by atoms with E-state index >= 15 is 0 Å². The number of thiophene rings is 1. The highest BCUT2D eigenvalue weighted by atomic mass is 32.1. The highest BCUT2D eigenvalue weighted by Crippen LogP contribution is 2.40. The lowest BCUT2D eigenvalue weighted by molar-refractivity contribution is -0.162. The third kappa shape index (κ3) is 3.78. The minimum absolute atomic E-state index is 0.116. The maximum absolute atomic E-state index is 13.1. The second-order valence-electron chi connectivity index (χ2n) is 8.66. The molecule has 1 saturated heterocycles. The number of aromatic nitrogens is 4. The van der Waals surface area contributed by atoms with Gasteiger partial charge in [-0.1, -0.05) is 13.8 Å². The number of hydrogen-bond donors (Lipinski definition) is 2. The zero-order valence-electron chi connectivity index (χ0n) is 18.3. The Morgan fingerprint density at radius 3 is 2.82 bits per heavy atom. The van der Waals surface area contributed by atoms with Crippen LogP contribution >= 0.6 is 11.3 Å². The molecule has 0 aromatic carbocycles. The molecular formula is C22H23F3N6OS. The molecule has 174 valence electrons. The highest BCUT2D eigenvalue weighted by molar-refractivity contribution is 7.21. The van der Waals surface area contributed by atoms with Crippen molar-refractivity contribution in [1.82, 2.24) is 29.8 Å². The van der Waals surface area contributed by atoms with Crippen LogP contribution in [-0.4, -0.2) is 62.2 Å². The zero-order chi connectivity index (χ0) is 23.5. The summed E-state index contributed by atoms with van der Waals surface area (Å²) in [7, 11) is 0. The predicted molar refractivity (Wildman–Crippen MR) is 121 cm³/mol. The number of hydrogen-bond acceptors (Lipinski definition) is 5. The number of H-pyrrole nitrogens is 1. The molecule has 0 unspecified atom stereocenters. The van der Waals surface area contributed by atoms with E-state index in [0.717, 1.165) is 38.2 Å². The zero-order valence-corrected chi connectivity index (χ0v) is 19.1. The molecule has 1 fully saturated rings. The van der Waals surface area contributed by atoms with E-state index in [1.54, 1.807) is 10.6 Å². The lowest BCUT2D eigenvalue weighted by Crippen LogP contribution is -2.58. The van der Waals surface area contributed by atoms with E-state index in [1.165, 1.54) is 22.6 Å². The SMILES string of the molecule is Cc1cc(-c2[nH]c3cc(C(=O)N4CCN[C@H](C(F)(F)F)C4)sc3c2C(C)C)cn2ncnc12. The van der Waals surface area contributed by atoms with Crippen LogP contribution in [0.2, 0.25) is 0 Å². The number of nitrogens with one attached hydrogen (secondary N) is 2. The molecule has 5 rings (SSSR count). The number of carbonyl (C=O) groups is 1. The summed E-state index contributed by atoms with van der Waals surface area (Å²) in [5, 5.41) is 6.70. The third-order valence-electron chi connectivity index (χ3n) is 6.00. The fourth-order valence-electron chi connectivity index (χ4n) is 4.42. The van der Waals surface area contributed by atoms with E-state index in [4.69, 9.17) is 0 Å². The lowest BCUT2D eigenvalue weighted by Gasteiger charge is -2.34. The molecule has 33 heavy (non-hydrogen) atoms. The molecule has 4 aromatic heterocycles. The Labute approximate surface area is 191 Å². The van der Waals surface area contributed by atoms with E-state index in [2.05, 4.69) is 40.3 Å². The Hall–Kier alpha value is -2.92. The summed E-state index contributed by atoms with van der Waals surface area (Å²) in [5.74, 6) is -0.201. The van der Waals surface area contributed by atoms with Gasteiger partial charge in [0.05, 0.1) is 20.8 Å². The van der Waals surface area contributed by atoms with Crippen LogP contribution in [0, 0.1) is 6.92 Å². The lowest BCUT2D eigenvalue weighted by atomic mass is 9.99. The van der Waals surface area contributed by atoms with Gasteiger partial charge in [0.15, 0.2) is 5.65 Å². The standard InChI is InChI=1S/C22H23F3N6OS/c1-11(2)17-18(13-6-12(3)20-27-10-28-31(20)8-13)29-14-7-15(33-19(14)17)21(32)30-5-4-26-16(9-30)22(23,24)25/h6-8,10-11,16,26,29H,4-5,9H2,1-3H3/t16-/m0/s1. The smallest absolute Gasteiger partial charge is 0.354 e. The van der Waals surface area contributed by atoms with E-state index in [-0.39, 0.29) is 31.5 Å². The van der Waals surface area contributed by atoms with Gasteiger partial charge in [-0.25, -0.2) is 9.50 Å². The van der Waals surface area contributed by atoms with Crippen LogP contribution in [0.5, 0.6) is 0 Å². The Bertz CT molecular complexity index is 1350. The van der Waals surface area contributed by atoms with Gasteiger partial charge in [0.1, 0.15) is 12.4 Å². The number of alkyl halides is 3. The Morgan fingerprint density at radius 1 is 1.30 bits per heavy atom. The molecule has 4 aromatic rings. The van der Waals surface area contributed by atoms with Crippen LogP contribution in [0.1, 0.15) is 40.6 Å². The summed E-state index contributed by atoms with van der Waals surface area (Å²) in [6.45, 7) is 6.12. The van der Waals surface area contributed by atoms with Crippen molar-refractivity contribution >= 4 is 33.1 Å². The van der Waals surface area contributed by atoms with Crippen molar-refractivity contribution in [2.24, 2.45) is 0 Å². The van der Waals surface area contributed by atoms with Gasteiger partial charge in [-0.05, 0) is 36.1 Å². The van der Waals surface area contributed by atoms with Gasteiger partial charge >= 0.3 is 6.18 Å². The molecule has 11 heteroatoms. The number of nitrogens with zero attached hydrogens (tertiary/aromatic N) is 4. The maximum Gasteiger partial charge on any atom is 0.405 e. The number of amides is 1. The van der Waals surface area contributed by atoms with Crippen molar-refractivity contribution in [2.45, 2.75) is 38.9 Å². The van der Waals surface area contributed by atoms with Gasteiger partial charge in [-0.2, -0.15) is 18.3 Å². The second-order valence-corrected chi connectivity index (χ2v) is 9.71. The summed E-state index contributed by atoms with van der Waals surface area (Å²) >= 11 is 1.33. The molecule has 0 saturated carbocycles. The molecule has 0 aliphatic carbocycles. The number of fused-ring (bicyclic) bond motifs is 2. The number of piperazine rings is 1. The molecule has 1 amide bonds. The number of rotatable bonds is 3. The monoisotopic (exact) mass is 476 g/mol. The van der Waals surface area contributed by atoms with Gasteiger partial charge in [-0.15, -0.1) is 11.3 Å². The normalized spacial score (nSPS) is 17.5. The molecule has 1 aliphatic rings. The number of pyridine rings is 1. The van der Waals surface area contributed by atoms with Crippen molar-refractivity contribution in [3.63, 3.8) is 0 Å². The first-order valence-corrected chi connectivity index (χ1v) is 11.5. The van der Waals surface area contributed by atoms with Crippen molar-refractivity contribution in [3.05, 3.63) is 40.7 Å². The molecule has 1 aliphatic heterocycles. The van der Waals surface area contributed by atoms with Crippen LogP contribution in [0.4, 0.5) is 13.2 Å². The van der Waals surface area contributed by atoms with Crippen LogP contribution in [0.25, 0.3) is 27.1 Å². The number of aromatic amines is 1. The molecule has 0 bridgehead atoms. The number of carbonyl (C=O) groups excluding carboxylic acids is 1. The highest BCUT2D eigenvalue weighted by Gasteiger charge is 2.43. The summed E-state index contributed by atoms with van der Waals surface area (Å²) in [5.41, 5.74) is 5.57. The van der Waals surface area contributed by atoms with E-state index in [1.807, 2.05) is 13.1 Å². The first-order chi connectivity index (χ1) is 15.6. The quantitative estimate of drug-likeness (QED) is 0.461.